The van der Waals surface area contributed by atoms with Crippen molar-refractivity contribution in [2.24, 2.45) is 0 Å². The van der Waals surface area contributed by atoms with Crippen LogP contribution in [0.15, 0.2) is 24.3 Å². The van der Waals surface area contributed by atoms with E-state index in [1.165, 1.54) is 5.56 Å². The maximum absolute atomic E-state index is 8.94. The molecule has 0 heterocycles. The van der Waals surface area contributed by atoms with Crippen LogP contribution in [0.25, 0.3) is 0 Å². The SMILES string of the molecule is CC(C)N(CCCO)Cc1cccc(C#CCO)c1. The van der Waals surface area contributed by atoms with Crippen molar-refractivity contribution in [1.82, 2.24) is 4.90 Å². The molecule has 0 aliphatic heterocycles. The number of hydrogen-bond acceptors (Lipinski definition) is 3. The van der Waals surface area contributed by atoms with Crippen LogP contribution < -0.4 is 0 Å². The van der Waals surface area contributed by atoms with E-state index in [2.05, 4.69) is 42.7 Å². The first-order valence-corrected chi connectivity index (χ1v) is 6.71. The van der Waals surface area contributed by atoms with Gasteiger partial charge in [-0.2, -0.15) is 0 Å². The van der Waals surface area contributed by atoms with Gasteiger partial charge in [0, 0.05) is 31.3 Å². The Morgan fingerprint density at radius 2 is 2.05 bits per heavy atom. The van der Waals surface area contributed by atoms with Gasteiger partial charge in [0.15, 0.2) is 0 Å². The average molecular weight is 261 g/mol. The molecule has 0 unspecified atom stereocenters. The Morgan fingerprint density at radius 1 is 1.26 bits per heavy atom. The molecule has 0 saturated carbocycles. The zero-order valence-corrected chi connectivity index (χ0v) is 11.8. The summed E-state index contributed by atoms with van der Waals surface area (Å²) in [5.74, 6) is 5.58. The van der Waals surface area contributed by atoms with E-state index in [1.807, 2.05) is 12.1 Å². The molecule has 0 aliphatic carbocycles. The van der Waals surface area contributed by atoms with Gasteiger partial charge in [-0.05, 0) is 38.0 Å². The van der Waals surface area contributed by atoms with Crippen LogP contribution in [0.5, 0.6) is 0 Å². The smallest absolute Gasteiger partial charge is 0.104 e. The van der Waals surface area contributed by atoms with Crippen LogP contribution in [-0.2, 0) is 6.54 Å². The average Bonchev–Trinajstić information content (AvgIpc) is 2.41. The molecule has 0 amide bonds. The van der Waals surface area contributed by atoms with Crippen LogP contribution in [0.1, 0.15) is 31.4 Å². The Labute approximate surface area is 115 Å². The second-order valence-electron chi connectivity index (χ2n) is 4.80. The molecule has 19 heavy (non-hydrogen) atoms. The number of hydrogen-bond donors (Lipinski definition) is 2. The molecule has 0 aromatic heterocycles. The Bertz CT molecular complexity index is 432. The van der Waals surface area contributed by atoms with Gasteiger partial charge in [-0.15, -0.1) is 0 Å². The second kappa shape index (κ2) is 8.71. The summed E-state index contributed by atoms with van der Waals surface area (Å²) >= 11 is 0. The van der Waals surface area contributed by atoms with Gasteiger partial charge in [0.05, 0.1) is 0 Å². The van der Waals surface area contributed by atoms with Gasteiger partial charge in [-0.3, -0.25) is 4.90 Å². The van der Waals surface area contributed by atoms with Crippen LogP contribution in [-0.4, -0.2) is 40.9 Å². The third-order valence-corrected chi connectivity index (χ3v) is 2.96. The van der Waals surface area contributed by atoms with Crippen molar-refractivity contribution in [1.29, 1.82) is 0 Å². The van der Waals surface area contributed by atoms with E-state index in [0.29, 0.717) is 6.04 Å². The topological polar surface area (TPSA) is 43.7 Å². The van der Waals surface area contributed by atoms with E-state index < -0.39 is 0 Å². The predicted octanol–water partition coefficient (Wildman–Crippen LogP) is 1.62. The molecule has 0 spiro atoms. The summed E-state index contributed by atoms with van der Waals surface area (Å²) in [4.78, 5) is 2.33. The number of aliphatic hydroxyl groups excluding tert-OH is 2. The summed E-state index contributed by atoms with van der Waals surface area (Å²) in [6.45, 7) is 6.18. The summed E-state index contributed by atoms with van der Waals surface area (Å²) in [6, 6.07) is 8.51. The van der Waals surface area contributed by atoms with Gasteiger partial charge < -0.3 is 10.2 Å². The highest BCUT2D eigenvalue weighted by Gasteiger charge is 2.09. The quantitative estimate of drug-likeness (QED) is 0.765. The van der Waals surface area contributed by atoms with E-state index >= 15 is 0 Å². The molecule has 2 N–H and O–H groups in total. The van der Waals surface area contributed by atoms with Gasteiger partial charge in [0.25, 0.3) is 0 Å². The molecule has 1 aromatic rings. The lowest BCUT2D eigenvalue weighted by molar-refractivity contribution is 0.185. The Hall–Kier alpha value is -1.34. The molecule has 3 heteroatoms. The van der Waals surface area contributed by atoms with Crippen molar-refractivity contribution in [2.45, 2.75) is 32.9 Å². The highest BCUT2D eigenvalue weighted by Crippen LogP contribution is 2.10. The van der Waals surface area contributed by atoms with Crippen molar-refractivity contribution in [3.8, 4) is 11.8 Å². The molecule has 0 atom stereocenters. The lowest BCUT2D eigenvalue weighted by atomic mass is 10.1. The fraction of sp³-hybridized carbons (Fsp3) is 0.500. The summed E-state index contributed by atoms with van der Waals surface area (Å²) < 4.78 is 0. The van der Waals surface area contributed by atoms with E-state index in [1.54, 1.807) is 0 Å². The summed E-state index contributed by atoms with van der Waals surface area (Å²) in [5.41, 5.74) is 2.13. The molecular formula is C16H23NO2. The van der Waals surface area contributed by atoms with Gasteiger partial charge >= 0.3 is 0 Å². The zero-order valence-electron chi connectivity index (χ0n) is 11.8. The van der Waals surface area contributed by atoms with Crippen molar-refractivity contribution in [3.63, 3.8) is 0 Å². The lowest BCUT2D eigenvalue weighted by Crippen LogP contribution is -2.31. The molecule has 0 saturated heterocycles. The highest BCUT2D eigenvalue weighted by molar-refractivity contribution is 5.37. The number of aliphatic hydroxyl groups is 2. The molecule has 0 aliphatic rings. The van der Waals surface area contributed by atoms with Crippen molar-refractivity contribution in [2.75, 3.05) is 19.8 Å². The summed E-state index contributed by atoms with van der Waals surface area (Å²) in [7, 11) is 0. The number of nitrogens with zero attached hydrogens (tertiary/aromatic N) is 1. The molecule has 1 rings (SSSR count). The summed E-state index contributed by atoms with van der Waals surface area (Å²) in [6.07, 6.45) is 0.794. The minimum atomic E-state index is -0.112. The lowest BCUT2D eigenvalue weighted by Gasteiger charge is -2.26. The van der Waals surface area contributed by atoms with Crippen molar-refractivity contribution < 1.29 is 10.2 Å². The molecule has 3 nitrogen and oxygen atoms in total. The maximum Gasteiger partial charge on any atom is 0.104 e. The fourth-order valence-corrected chi connectivity index (χ4v) is 1.92. The van der Waals surface area contributed by atoms with Crippen LogP contribution in [0, 0.1) is 11.8 Å². The van der Waals surface area contributed by atoms with E-state index in [4.69, 9.17) is 10.2 Å². The number of benzene rings is 1. The van der Waals surface area contributed by atoms with Crippen molar-refractivity contribution >= 4 is 0 Å². The van der Waals surface area contributed by atoms with Crippen LogP contribution in [0.3, 0.4) is 0 Å². The minimum absolute atomic E-state index is 0.112. The molecule has 104 valence electrons. The van der Waals surface area contributed by atoms with Gasteiger partial charge in [-0.25, -0.2) is 0 Å². The van der Waals surface area contributed by atoms with Crippen LogP contribution in [0.4, 0.5) is 0 Å². The van der Waals surface area contributed by atoms with Crippen molar-refractivity contribution in [3.05, 3.63) is 35.4 Å². The fourth-order valence-electron chi connectivity index (χ4n) is 1.92. The first-order valence-electron chi connectivity index (χ1n) is 6.71. The molecule has 0 radical (unpaired) electrons. The summed E-state index contributed by atoms with van der Waals surface area (Å²) in [5, 5.41) is 17.6. The normalized spacial score (nSPS) is 10.6. The zero-order chi connectivity index (χ0) is 14.1. The second-order valence-corrected chi connectivity index (χ2v) is 4.80. The van der Waals surface area contributed by atoms with Crippen LogP contribution in [0.2, 0.25) is 0 Å². The van der Waals surface area contributed by atoms with E-state index in [9.17, 15) is 0 Å². The number of rotatable bonds is 6. The van der Waals surface area contributed by atoms with Gasteiger partial charge in [0.2, 0.25) is 0 Å². The minimum Gasteiger partial charge on any atom is -0.396 e. The predicted molar refractivity (Wildman–Crippen MR) is 77.7 cm³/mol. The highest BCUT2D eigenvalue weighted by atomic mass is 16.3. The molecule has 1 aromatic carbocycles. The first-order chi connectivity index (χ1) is 9.17. The Morgan fingerprint density at radius 3 is 2.68 bits per heavy atom. The Kier molecular flexibility index (Phi) is 7.20. The third-order valence-electron chi connectivity index (χ3n) is 2.96. The monoisotopic (exact) mass is 261 g/mol. The standard InChI is InChI=1S/C16H23NO2/c1-14(2)17(9-5-11-19)13-16-7-3-6-15(12-16)8-4-10-18/h3,6-7,12,14,18-19H,5,9-11,13H2,1-2H3. The molecule has 0 bridgehead atoms. The largest absolute Gasteiger partial charge is 0.396 e. The molecular weight excluding hydrogens is 238 g/mol. The molecule has 0 fully saturated rings. The van der Waals surface area contributed by atoms with E-state index in [0.717, 1.165) is 25.1 Å². The van der Waals surface area contributed by atoms with Gasteiger partial charge in [0.1, 0.15) is 6.61 Å². The van der Waals surface area contributed by atoms with E-state index in [-0.39, 0.29) is 13.2 Å². The first kappa shape index (κ1) is 15.7. The van der Waals surface area contributed by atoms with Gasteiger partial charge in [-0.1, -0.05) is 24.0 Å². The Balaban J connectivity index is 2.73. The third kappa shape index (κ3) is 5.89. The van der Waals surface area contributed by atoms with Crippen LogP contribution >= 0.6 is 0 Å². The maximum atomic E-state index is 8.94.